The minimum atomic E-state index is 0.459. The van der Waals surface area contributed by atoms with E-state index in [1.54, 1.807) is 11.3 Å². The van der Waals surface area contributed by atoms with E-state index >= 15 is 0 Å². The fourth-order valence-electron chi connectivity index (χ4n) is 3.02. The first-order valence-electron chi connectivity index (χ1n) is 7.58. The van der Waals surface area contributed by atoms with E-state index in [0.29, 0.717) is 17.3 Å². The van der Waals surface area contributed by atoms with Crippen molar-refractivity contribution >= 4 is 16.5 Å². The molecule has 1 aromatic rings. The van der Waals surface area contributed by atoms with Gasteiger partial charge in [0.15, 0.2) is 5.13 Å². The van der Waals surface area contributed by atoms with Gasteiger partial charge in [0.2, 0.25) is 0 Å². The summed E-state index contributed by atoms with van der Waals surface area (Å²) in [5.41, 5.74) is 5.67. The third kappa shape index (κ3) is 3.91. The second-order valence-corrected chi connectivity index (χ2v) is 6.87. The molecule has 3 heterocycles. The van der Waals surface area contributed by atoms with Gasteiger partial charge in [-0.2, -0.15) is 0 Å². The topological polar surface area (TPSA) is 63.4 Å². The minimum absolute atomic E-state index is 0.459. The lowest BCUT2D eigenvalue weighted by molar-refractivity contribution is -0.0538. The van der Waals surface area contributed by atoms with E-state index in [2.05, 4.69) is 15.2 Å². The summed E-state index contributed by atoms with van der Waals surface area (Å²) in [5, 5.41) is 4.06. The van der Waals surface area contributed by atoms with Crippen LogP contribution in [0.15, 0.2) is 6.20 Å². The number of hydrogen-bond donors (Lipinski definition) is 2. The van der Waals surface area contributed by atoms with Crippen LogP contribution in [-0.2, 0) is 11.3 Å². The van der Waals surface area contributed by atoms with Crippen LogP contribution in [0.2, 0.25) is 0 Å². The molecule has 2 aliphatic heterocycles. The van der Waals surface area contributed by atoms with Crippen molar-refractivity contribution in [2.24, 2.45) is 0 Å². The number of likely N-dealkylation sites (tertiary alicyclic amines) is 1. The van der Waals surface area contributed by atoms with Gasteiger partial charge in [0.05, 0.1) is 12.2 Å². The van der Waals surface area contributed by atoms with Crippen molar-refractivity contribution in [3.8, 4) is 0 Å². The van der Waals surface area contributed by atoms with Crippen molar-refractivity contribution in [2.75, 3.05) is 31.9 Å². The van der Waals surface area contributed by atoms with Crippen molar-refractivity contribution in [1.29, 1.82) is 0 Å². The van der Waals surface area contributed by atoms with Gasteiger partial charge in [-0.3, -0.25) is 4.90 Å². The molecule has 0 unspecified atom stereocenters. The second-order valence-electron chi connectivity index (χ2n) is 5.73. The number of piperidine rings is 2. The molecule has 1 aromatic heterocycles. The lowest BCUT2D eigenvalue weighted by Gasteiger charge is -2.34. The van der Waals surface area contributed by atoms with Crippen LogP contribution in [0, 0.1) is 0 Å². The summed E-state index contributed by atoms with van der Waals surface area (Å²) in [6, 6.07) is 0. The maximum Gasteiger partial charge on any atom is 0.180 e. The van der Waals surface area contributed by atoms with Crippen LogP contribution < -0.4 is 11.1 Å². The van der Waals surface area contributed by atoms with Crippen molar-refractivity contribution in [3.05, 3.63) is 11.1 Å². The number of ether oxygens (including phenoxy) is 1. The summed E-state index contributed by atoms with van der Waals surface area (Å²) < 4.78 is 6.24. The molecule has 6 heteroatoms. The maximum absolute atomic E-state index is 6.24. The Balaban J connectivity index is 1.40. The Morgan fingerprint density at radius 1 is 1.25 bits per heavy atom. The van der Waals surface area contributed by atoms with E-state index in [4.69, 9.17) is 10.5 Å². The molecule has 0 aromatic carbocycles. The van der Waals surface area contributed by atoms with Crippen LogP contribution in [0.1, 0.15) is 30.6 Å². The van der Waals surface area contributed by atoms with Crippen molar-refractivity contribution < 1.29 is 4.74 Å². The fraction of sp³-hybridized carbons (Fsp3) is 0.786. The number of aromatic nitrogens is 1. The molecule has 0 radical (unpaired) electrons. The number of nitrogen functional groups attached to an aromatic ring is 1. The van der Waals surface area contributed by atoms with E-state index < -0.39 is 0 Å². The molecule has 0 saturated carbocycles. The zero-order chi connectivity index (χ0) is 13.8. The molecule has 5 nitrogen and oxygen atoms in total. The molecule has 112 valence electrons. The molecule has 0 bridgehead atoms. The van der Waals surface area contributed by atoms with Crippen LogP contribution in [0.25, 0.3) is 0 Å². The van der Waals surface area contributed by atoms with Crippen LogP contribution in [-0.4, -0.2) is 48.3 Å². The van der Waals surface area contributed by atoms with Gasteiger partial charge in [0, 0.05) is 30.7 Å². The molecule has 0 atom stereocenters. The van der Waals surface area contributed by atoms with E-state index in [-0.39, 0.29) is 0 Å². The maximum atomic E-state index is 6.24. The summed E-state index contributed by atoms with van der Waals surface area (Å²) in [6.07, 6.45) is 7.48. The van der Waals surface area contributed by atoms with Crippen LogP contribution >= 0.6 is 11.3 Å². The Morgan fingerprint density at radius 2 is 1.95 bits per heavy atom. The molecule has 3 rings (SSSR count). The van der Waals surface area contributed by atoms with Gasteiger partial charge in [-0.1, -0.05) is 0 Å². The molecule has 0 spiro atoms. The highest BCUT2D eigenvalue weighted by molar-refractivity contribution is 7.15. The van der Waals surface area contributed by atoms with Gasteiger partial charge in [-0.05, 0) is 38.8 Å². The first kappa shape index (κ1) is 14.3. The number of rotatable bonds is 4. The monoisotopic (exact) mass is 296 g/mol. The van der Waals surface area contributed by atoms with Crippen LogP contribution in [0.5, 0.6) is 0 Å². The van der Waals surface area contributed by atoms with Gasteiger partial charge in [-0.15, -0.1) is 11.3 Å². The van der Waals surface area contributed by atoms with Gasteiger partial charge < -0.3 is 15.8 Å². The molecule has 0 aliphatic carbocycles. The first-order valence-corrected chi connectivity index (χ1v) is 8.40. The van der Waals surface area contributed by atoms with Crippen LogP contribution in [0.4, 0.5) is 5.13 Å². The van der Waals surface area contributed by atoms with Crippen molar-refractivity contribution in [1.82, 2.24) is 15.2 Å². The molecule has 2 saturated heterocycles. The Morgan fingerprint density at radius 3 is 2.60 bits per heavy atom. The average Bonchev–Trinajstić information content (AvgIpc) is 2.88. The number of nitrogens with zero attached hydrogens (tertiary/aromatic N) is 2. The lowest BCUT2D eigenvalue weighted by atomic mass is 10.1. The summed E-state index contributed by atoms with van der Waals surface area (Å²) in [7, 11) is 0. The SMILES string of the molecule is Nc1ncc(CN2CCC(OC3CCNCC3)CC2)s1. The van der Waals surface area contributed by atoms with E-state index in [9.17, 15) is 0 Å². The average molecular weight is 296 g/mol. The Kier molecular flexibility index (Phi) is 4.88. The molecule has 2 fully saturated rings. The first-order chi connectivity index (χ1) is 9.79. The Hall–Kier alpha value is -0.690. The fourth-order valence-corrected chi connectivity index (χ4v) is 3.75. The van der Waals surface area contributed by atoms with Gasteiger partial charge in [0.1, 0.15) is 0 Å². The molecular formula is C14H24N4OS. The van der Waals surface area contributed by atoms with Crippen molar-refractivity contribution in [2.45, 2.75) is 44.4 Å². The number of anilines is 1. The Labute approximate surface area is 124 Å². The minimum Gasteiger partial charge on any atom is -0.375 e. The molecule has 0 amide bonds. The number of nitrogens with one attached hydrogen (secondary N) is 1. The largest absolute Gasteiger partial charge is 0.375 e. The predicted octanol–water partition coefficient (Wildman–Crippen LogP) is 1.46. The smallest absolute Gasteiger partial charge is 0.180 e. The third-order valence-corrected chi connectivity index (χ3v) is 4.97. The van der Waals surface area contributed by atoms with Gasteiger partial charge >= 0.3 is 0 Å². The molecule has 2 aliphatic rings. The normalized spacial score (nSPS) is 23.2. The lowest BCUT2D eigenvalue weighted by Crippen LogP contribution is -2.40. The number of hydrogen-bond acceptors (Lipinski definition) is 6. The predicted molar refractivity (Wildman–Crippen MR) is 81.8 cm³/mol. The number of nitrogens with two attached hydrogens (primary N) is 1. The summed E-state index contributed by atoms with van der Waals surface area (Å²) >= 11 is 1.60. The number of thiazole rings is 1. The summed E-state index contributed by atoms with van der Waals surface area (Å²) in [6.45, 7) is 5.43. The summed E-state index contributed by atoms with van der Waals surface area (Å²) in [4.78, 5) is 7.86. The van der Waals surface area contributed by atoms with E-state index in [1.807, 2.05) is 6.20 Å². The van der Waals surface area contributed by atoms with Gasteiger partial charge in [0.25, 0.3) is 0 Å². The summed E-state index contributed by atoms with van der Waals surface area (Å²) in [5.74, 6) is 0. The highest BCUT2D eigenvalue weighted by atomic mass is 32.1. The zero-order valence-corrected chi connectivity index (χ0v) is 12.7. The molecule has 3 N–H and O–H groups in total. The third-order valence-electron chi connectivity index (χ3n) is 4.16. The Bertz CT molecular complexity index is 411. The molecular weight excluding hydrogens is 272 g/mol. The molecule has 20 heavy (non-hydrogen) atoms. The highest BCUT2D eigenvalue weighted by Gasteiger charge is 2.24. The zero-order valence-electron chi connectivity index (χ0n) is 11.9. The standard InChI is InChI=1S/C14H24N4OS/c15-14-17-9-13(20-14)10-18-7-3-12(4-8-18)19-11-1-5-16-6-2-11/h9,11-12,16H,1-8,10H2,(H2,15,17). The van der Waals surface area contributed by atoms with Gasteiger partial charge in [-0.25, -0.2) is 4.98 Å². The van der Waals surface area contributed by atoms with Crippen molar-refractivity contribution in [3.63, 3.8) is 0 Å². The van der Waals surface area contributed by atoms with E-state index in [0.717, 1.165) is 45.6 Å². The second kappa shape index (κ2) is 6.85. The van der Waals surface area contributed by atoms with E-state index in [1.165, 1.54) is 17.7 Å². The quantitative estimate of drug-likeness (QED) is 0.881. The highest BCUT2D eigenvalue weighted by Crippen LogP contribution is 2.22. The van der Waals surface area contributed by atoms with Crippen LogP contribution in [0.3, 0.4) is 0 Å².